The van der Waals surface area contributed by atoms with E-state index in [1.807, 2.05) is 0 Å². The molecule has 0 aromatic carbocycles. The maximum absolute atomic E-state index is 12.2. The van der Waals surface area contributed by atoms with Gasteiger partial charge in [0, 0.05) is 6.04 Å². The Morgan fingerprint density at radius 3 is 2.53 bits per heavy atom. The van der Waals surface area contributed by atoms with Crippen molar-refractivity contribution in [3.63, 3.8) is 0 Å². The van der Waals surface area contributed by atoms with Crippen LogP contribution in [0.4, 0.5) is 0 Å². The molecular formula is C13H20N2O4. The number of nitrogens with one attached hydrogen (secondary N) is 1. The third-order valence-electron chi connectivity index (χ3n) is 3.94. The number of carboxylic acids is 1. The molecule has 0 aromatic heterocycles. The van der Waals surface area contributed by atoms with Crippen LogP contribution in [0.15, 0.2) is 0 Å². The number of hydrogen-bond donors (Lipinski definition) is 2. The van der Waals surface area contributed by atoms with Crippen molar-refractivity contribution >= 4 is 17.8 Å². The molecule has 2 amide bonds. The summed E-state index contributed by atoms with van der Waals surface area (Å²) in [6.45, 7) is 1.48. The van der Waals surface area contributed by atoms with Gasteiger partial charge in [0.2, 0.25) is 11.8 Å². The van der Waals surface area contributed by atoms with Crippen molar-refractivity contribution in [3.05, 3.63) is 0 Å². The van der Waals surface area contributed by atoms with Gasteiger partial charge in [0.15, 0.2) is 0 Å². The number of rotatable bonds is 4. The molecule has 19 heavy (non-hydrogen) atoms. The van der Waals surface area contributed by atoms with E-state index in [4.69, 9.17) is 5.11 Å². The van der Waals surface area contributed by atoms with Crippen molar-refractivity contribution in [3.8, 4) is 0 Å². The van der Waals surface area contributed by atoms with Crippen molar-refractivity contribution in [2.75, 3.05) is 0 Å². The minimum atomic E-state index is -1.02. The number of nitrogens with zero attached hydrogens (tertiary/aromatic N) is 1. The summed E-state index contributed by atoms with van der Waals surface area (Å²) in [5.41, 5.74) is 0. The van der Waals surface area contributed by atoms with Gasteiger partial charge < -0.3 is 5.11 Å². The van der Waals surface area contributed by atoms with Crippen molar-refractivity contribution in [1.29, 1.82) is 0 Å². The largest absolute Gasteiger partial charge is 0.480 e. The van der Waals surface area contributed by atoms with Gasteiger partial charge in [0.25, 0.3) is 0 Å². The maximum Gasteiger partial charge on any atom is 0.320 e. The Bertz CT molecular complexity index is 390. The van der Waals surface area contributed by atoms with E-state index in [1.165, 1.54) is 11.8 Å². The monoisotopic (exact) mass is 268 g/mol. The summed E-state index contributed by atoms with van der Waals surface area (Å²) in [6, 6.07) is -1.49. The Hall–Kier alpha value is -1.43. The summed E-state index contributed by atoms with van der Waals surface area (Å²) in [7, 11) is 0. The highest BCUT2D eigenvalue weighted by atomic mass is 16.4. The van der Waals surface area contributed by atoms with Crippen molar-refractivity contribution < 1.29 is 19.5 Å². The van der Waals surface area contributed by atoms with E-state index in [1.54, 1.807) is 0 Å². The molecule has 2 fully saturated rings. The lowest BCUT2D eigenvalue weighted by Gasteiger charge is -2.29. The predicted molar refractivity (Wildman–Crippen MR) is 67.4 cm³/mol. The molecule has 2 N–H and O–H groups in total. The molecule has 6 heteroatoms. The maximum atomic E-state index is 12.2. The average molecular weight is 268 g/mol. The standard InChI is InChI=1S/C13H20N2O4/c1-8(13(18)19)14-10-7-11(16)15(12(10)17)9-5-3-2-4-6-9/h8-10,14H,2-7H2,1H3,(H,18,19). The summed E-state index contributed by atoms with van der Waals surface area (Å²) >= 11 is 0. The first-order chi connectivity index (χ1) is 9.00. The second-order valence-corrected chi connectivity index (χ2v) is 5.38. The number of imide groups is 1. The minimum absolute atomic E-state index is 0.0145. The molecule has 0 spiro atoms. The van der Waals surface area contributed by atoms with Crippen LogP contribution in [0.2, 0.25) is 0 Å². The van der Waals surface area contributed by atoms with Gasteiger partial charge in [-0.05, 0) is 19.8 Å². The molecule has 1 saturated heterocycles. The third-order valence-corrected chi connectivity index (χ3v) is 3.94. The third kappa shape index (κ3) is 2.94. The Balaban J connectivity index is 2.01. The SMILES string of the molecule is CC(NC1CC(=O)N(C2CCCCC2)C1=O)C(=O)O. The molecule has 0 radical (unpaired) electrons. The molecule has 1 heterocycles. The van der Waals surface area contributed by atoms with Crippen LogP contribution in [-0.4, -0.2) is 45.9 Å². The minimum Gasteiger partial charge on any atom is -0.480 e. The number of amides is 2. The fourth-order valence-corrected chi connectivity index (χ4v) is 2.88. The number of carboxylic acid groups (broad SMARTS) is 1. The van der Waals surface area contributed by atoms with Crippen LogP contribution in [0.25, 0.3) is 0 Å². The lowest BCUT2D eigenvalue weighted by atomic mass is 9.94. The summed E-state index contributed by atoms with van der Waals surface area (Å²) in [4.78, 5) is 36.3. The van der Waals surface area contributed by atoms with Crippen LogP contribution >= 0.6 is 0 Å². The van der Waals surface area contributed by atoms with Crippen LogP contribution in [0.1, 0.15) is 45.4 Å². The van der Waals surface area contributed by atoms with E-state index >= 15 is 0 Å². The highest BCUT2D eigenvalue weighted by molar-refractivity contribution is 6.06. The van der Waals surface area contributed by atoms with Gasteiger partial charge in [0.1, 0.15) is 6.04 Å². The van der Waals surface area contributed by atoms with Crippen molar-refractivity contribution in [2.24, 2.45) is 0 Å². The zero-order valence-corrected chi connectivity index (χ0v) is 11.1. The molecule has 0 aromatic rings. The van der Waals surface area contributed by atoms with Crippen molar-refractivity contribution in [1.82, 2.24) is 10.2 Å². The zero-order valence-electron chi connectivity index (χ0n) is 11.1. The summed E-state index contributed by atoms with van der Waals surface area (Å²) in [6.07, 6.45) is 5.07. The molecule has 1 aliphatic carbocycles. The van der Waals surface area contributed by atoms with E-state index in [0.29, 0.717) is 0 Å². The van der Waals surface area contributed by atoms with E-state index in [-0.39, 0.29) is 24.3 Å². The van der Waals surface area contributed by atoms with Crippen LogP contribution in [-0.2, 0) is 14.4 Å². The fraction of sp³-hybridized carbons (Fsp3) is 0.769. The summed E-state index contributed by atoms with van der Waals surface area (Å²) < 4.78 is 0. The Labute approximate surface area is 112 Å². The van der Waals surface area contributed by atoms with Gasteiger partial charge in [-0.25, -0.2) is 0 Å². The number of carbonyl (C=O) groups is 3. The Morgan fingerprint density at radius 1 is 1.32 bits per heavy atom. The van der Waals surface area contributed by atoms with Crippen molar-refractivity contribution in [2.45, 2.75) is 63.6 Å². The fourth-order valence-electron chi connectivity index (χ4n) is 2.88. The molecule has 6 nitrogen and oxygen atoms in total. The van der Waals surface area contributed by atoms with E-state index < -0.39 is 18.1 Å². The first-order valence-corrected chi connectivity index (χ1v) is 6.85. The Morgan fingerprint density at radius 2 is 1.95 bits per heavy atom. The van der Waals surface area contributed by atoms with E-state index in [0.717, 1.165) is 32.1 Å². The van der Waals surface area contributed by atoms with Gasteiger partial charge in [-0.1, -0.05) is 19.3 Å². The number of carbonyl (C=O) groups excluding carboxylic acids is 2. The molecule has 2 unspecified atom stereocenters. The summed E-state index contributed by atoms with van der Waals surface area (Å²) in [5.74, 6) is -1.45. The predicted octanol–water partition coefficient (Wildman–Crippen LogP) is 0.509. The van der Waals surface area contributed by atoms with Crippen LogP contribution in [0.5, 0.6) is 0 Å². The molecule has 106 valence electrons. The number of likely N-dealkylation sites (tertiary alicyclic amines) is 1. The van der Waals surface area contributed by atoms with Gasteiger partial charge in [0.05, 0.1) is 12.5 Å². The first kappa shape index (κ1) is 14.0. The average Bonchev–Trinajstić information content (AvgIpc) is 2.65. The van der Waals surface area contributed by atoms with Crippen LogP contribution in [0, 0.1) is 0 Å². The Kier molecular flexibility index (Phi) is 4.19. The lowest BCUT2D eigenvalue weighted by Crippen LogP contribution is -2.48. The van der Waals surface area contributed by atoms with E-state index in [2.05, 4.69) is 5.32 Å². The second kappa shape index (κ2) is 5.69. The van der Waals surface area contributed by atoms with Gasteiger partial charge >= 0.3 is 5.97 Å². The first-order valence-electron chi connectivity index (χ1n) is 6.85. The molecule has 1 aliphatic heterocycles. The van der Waals surface area contributed by atoms with Gasteiger partial charge in [-0.2, -0.15) is 0 Å². The zero-order chi connectivity index (χ0) is 14.0. The normalized spacial score (nSPS) is 26.8. The van der Waals surface area contributed by atoms with E-state index in [9.17, 15) is 14.4 Å². The quantitative estimate of drug-likeness (QED) is 0.725. The van der Waals surface area contributed by atoms with Crippen LogP contribution in [0.3, 0.4) is 0 Å². The second-order valence-electron chi connectivity index (χ2n) is 5.38. The molecule has 2 aliphatic rings. The van der Waals surface area contributed by atoms with Crippen LogP contribution < -0.4 is 5.32 Å². The highest BCUT2D eigenvalue weighted by Crippen LogP contribution is 2.27. The lowest BCUT2D eigenvalue weighted by molar-refractivity contribution is -0.142. The molecule has 2 rings (SSSR count). The molecule has 2 atom stereocenters. The summed E-state index contributed by atoms with van der Waals surface area (Å²) in [5, 5.41) is 11.6. The molecular weight excluding hydrogens is 248 g/mol. The smallest absolute Gasteiger partial charge is 0.320 e. The topological polar surface area (TPSA) is 86.7 Å². The highest BCUT2D eigenvalue weighted by Gasteiger charge is 2.43. The number of hydrogen-bond acceptors (Lipinski definition) is 4. The molecule has 0 bridgehead atoms. The molecule has 1 saturated carbocycles. The van der Waals surface area contributed by atoms with Gasteiger partial charge in [-0.15, -0.1) is 0 Å². The van der Waals surface area contributed by atoms with Gasteiger partial charge in [-0.3, -0.25) is 24.6 Å². The number of aliphatic carboxylic acids is 1.